The summed E-state index contributed by atoms with van der Waals surface area (Å²) >= 11 is 0. The van der Waals surface area contributed by atoms with Crippen molar-refractivity contribution in [2.24, 2.45) is 0 Å². The van der Waals surface area contributed by atoms with Crippen LogP contribution in [0, 0.1) is 13.8 Å². The highest BCUT2D eigenvalue weighted by Gasteiger charge is 2.37. The number of nitrogens with zero attached hydrogens (tertiary/aromatic N) is 2. The lowest BCUT2D eigenvalue weighted by Crippen LogP contribution is -2.41. The van der Waals surface area contributed by atoms with Crippen molar-refractivity contribution in [3.63, 3.8) is 0 Å². The van der Waals surface area contributed by atoms with E-state index in [2.05, 4.69) is 6.58 Å². The molecule has 1 saturated heterocycles. The number of rotatable bonds is 7. The van der Waals surface area contributed by atoms with Gasteiger partial charge in [-0.05, 0) is 32.8 Å². The van der Waals surface area contributed by atoms with Gasteiger partial charge in [0, 0.05) is 30.0 Å². The number of Topliss-reactive ketones (excluding diaryl/α,β-unsaturated/α-hetero) is 1. The molecule has 0 saturated carbocycles. The van der Waals surface area contributed by atoms with Crippen molar-refractivity contribution in [3.05, 3.63) is 35.7 Å². The van der Waals surface area contributed by atoms with E-state index < -0.39 is 28.6 Å². The zero-order chi connectivity index (χ0) is 18.8. The molecule has 1 atom stereocenters. The summed E-state index contributed by atoms with van der Waals surface area (Å²) in [5.41, 5.74) is 2.21. The maximum atomic E-state index is 12.4. The van der Waals surface area contributed by atoms with Gasteiger partial charge in [-0.25, -0.2) is 8.42 Å². The third-order valence-corrected chi connectivity index (χ3v) is 5.72. The van der Waals surface area contributed by atoms with Crippen LogP contribution in [0.15, 0.2) is 18.7 Å². The molecular weight excluding hydrogens is 344 g/mol. The van der Waals surface area contributed by atoms with Crippen LogP contribution in [-0.2, 0) is 26.1 Å². The second kappa shape index (κ2) is 7.53. The Kier molecular flexibility index (Phi) is 5.84. The largest absolute Gasteiger partial charge is 0.456 e. The first-order chi connectivity index (χ1) is 11.7. The monoisotopic (exact) mass is 368 g/mol. The van der Waals surface area contributed by atoms with Gasteiger partial charge in [0.25, 0.3) is 0 Å². The van der Waals surface area contributed by atoms with Crippen LogP contribution >= 0.6 is 0 Å². The van der Waals surface area contributed by atoms with Crippen molar-refractivity contribution in [3.8, 4) is 0 Å². The third kappa shape index (κ3) is 4.19. The fourth-order valence-electron chi connectivity index (χ4n) is 3.18. The zero-order valence-electron chi connectivity index (χ0n) is 14.8. The number of hydrogen-bond acceptors (Lipinski definition) is 5. The van der Waals surface area contributed by atoms with E-state index >= 15 is 0 Å². The van der Waals surface area contributed by atoms with E-state index in [1.807, 2.05) is 18.4 Å². The van der Waals surface area contributed by atoms with Gasteiger partial charge in [0.15, 0.2) is 6.61 Å². The van der Waals surface area contributed by atoms with Gasteiger partial charge in [-0.15, -0.1) is 6.58 Å². The Morgan fingerprint density at radius 2 is 2.08 bits per heavy atom. The summed E-state index contributed by atoms with van der Waals surface area (Å²) in [4.78, 5) is 24.6. The van der Waals surface area contributed by atoms with Gasteiger partial charge in [0.2, 0.25) is 15.8 Å². The number of esters is 1. The molecule has 0 N–H and O–H groups in total. The maximum Gasteiger partial charge on any atom is 0.324 e. The summed E-state index contributed by atoms with van der Waals surface area (Å²) in [6.07, 6.45) is 3.82. The zero-order valence-corrected chi connectivity index (χ0v) is 15.6. The highest BCUT2D eigenvalue weighted by atomic mass is 32.2. The molecule has 0 aromatic carbocycles. The van der Waals surface area contributed by atoms with E-state index in [4.69, 9.17) is 4.74 Å². The molecule has 8 heteroatoms. The Labute approximate surface area is 148 Å². The first kappa shape index (κ1) is 19.4. The Balaban J connectivity index is 2.04. The fourth-order valence-corrected chi connectivity index (χ4v) is 4.29. The lowest BCUT2D eigenvalue weighted by atomic mass is 10.1. The Morgan fingerprint density at radius 1 is 1.40 bits per heavy atom. The molecule has 0 amide bonds. The lowest BCUT2D eigenvalue weighted by Gasteiger charge is -2.20. The Bertz CT molecular complexity index is 794. The predicted octanol–water partition coefficient (Wildman–Crippen LogP) is 1.44. The van der Waals surface area contributed by atoms with Crippen molar-refractivity contribution in [2.45, 2.75) is 39.3 Å². The van der Waals surface area contributed by atoms with E-state index in [1.165, 1.54) is 0 Å². The van der Waals surface area contributed by atoms with Crippen LogP contribution < -0.4 is 0 Å². The van der Waals surface area contributed by atoms with Gasteiger partial charge in [0.1, 0.15) is 6.04 Å². The number of carbonyl (C=O) groups is 2. The second-order valence-corrected chi connectivity index (χ2v) is 8.18. The van der Waals surface area contributed by atoms with Gasteiger partial charge in [-0.2, -0.15) is 4.31 Å². The molecule has 1 aromatic rings. The average molecular weight is 368 g/mol. The SMILES string of the molecule is C=CCn1c(C)cc(C(=O)COC(=O)[C@@H]2CCCN2S(C)(=O)=O)c1C. The number of carbonyl (C=O) groups excluding carboxylic acids is 2. The number of ketones is 1. The summed E-state index contributed by atoms with van der Waals surface area (Å²) in [6, 6.07) is 0.920. The molecule has 1 aromatic heterocycles. The Morgan fingerprint density at radius 3 is 2.68 bits per heavy atom. The summed E-state index contributed by atoms with van der Waals surface area (Å²) < 4.78 is 31.6. The van der Waals surface area contributed by atoms with Gasteiger partial charge in [0.05, 0.1) is 6.26 Å². The molecule has 1 fully saturated rings. The minimum absolute atomic E-state index is 0.301. The van der Waals surface area contributed by atoms with Crippen LogP contribution in [0.3, 0.4) is 0 Å². The van der Waals surface area contributed by atoms with Crippen LogP contribution in [0.2, 0.25) is 0 Å². The molecular formula is C17H24N2O5S. The van der Waals surface area contributed by atoms with Crippen LogP contribution in [0.5, 0.6) is 0 Å². The van der Waals surface area contributed by atoms with E-state index in [9.17, 15) is 18.0 Å². The molecule has 0 radical (unpaired) electrons. The van der Waals surface area contributed by atoms with Crippen molar-refractivity contribution in [1.29, 1.82) is 0 Å². The molecule has 0 bridgehead atoms. The molecule has 1 aliphatic heterocycles. The summed E-state index contributed by atoms with van der Waals surface area (Å²) in [6.45, 7) is 7.91. The van der Waals surface area contributed by atoms with Crippen LogP contribution in [0.4, 0.5) is 0 Å². The van der Waals surface area contributed by atoms with Crippen LogP contribution in [0.25, 0.3) is 0 Å². The Hall–Kier alpha value is -1.93. The number of ether oxygens (including phenoxy) is 1. The van der Waals surface area contributed by atoms with Gasteiger partial charge in [-0.3, -0.25) is 9.59 Å². The quantitative estimate of drug-likeness (QED) is 0.413. The molecule has 2 rings (SSSR count). The van der Waals surface area contributed by atoms with E-state index in [1.54, 1.807) is 12.1 Å². The average Bonchev–Trinajstić information content (AvgIpc) is 3.13. The molecule has 0 aliphatic carbocycles. The first-order valence-electron chi connectivity index (χ1n) is 8.11. The topological polar surface area (TPSA) is 85.7 Å². The normalized spacial score (nSPS) is 18.3. The fraction of sp³-hybridized carbons (Fsp3) is 0.529. The van der Waals surface area contributed by atoms with Crippen molar-refractivity contribution in [1.82, 2.24) is 8.87 Å². The summed E-state index contributed by atoms with van der Waals surface area (Å²) in [5.74, 6) is -0.975. The summed E-state index contributed by atoms with van der Waals surface area (Å²) in [7, 11) is -3.47. The van der Waals surface area contributed by atoms with Crippen LogP contribution in [-0.4, -0.2) is 54.5 Å². The second-order valence-electron chi connectivity index (χ2n) is 6.25. The number of aromatic nitrogens is 1. The molecule has 25 heavy (non-hydrogen) atoms. The minimum Gasteiger partial charge on any atom is -0.456 e. The van der Waals surface area contributed by atoms with E-state index in [-0.39, 0.29) is 5.78 Å². The minimum atomic E-state index is -3.47. The van der Waals surface area contributed by atoms with Crippen molar-refractivity contribution in [2.75, 3.05) is 19.4 Å². The van der Waals surface area contributed by atoms with Gasteiger partial charge < -0.3 is 9.30 Å². The smallest absolute Gasteiger partial charge is 0.324 e. The van der Waals surface area contributed by atoms with E-state index in [0.29, 0.717) is 31.5 Å². The molecule has 138 valence electrons. The van der Waals surface area contributed by atoms with Crippen molar-refractivity contribution >= 4 is 21.8 Å². The van der Waals surface area contributed by atoms with Crippen LogP contribution in [0.1, 0.15) is 34.6 Å². The standard InChI is InChI=1S/C17H24N2O5S/c1-5-8-18-12(2)10-14(13(18)3)16(20)11-24-17(21)15-7-6-9-19(15)25(4,22)23/h5,10,15H,1,6-9,11H2,2-4H3/t15-/m0/s1. The van der Waals surface area contributed by atoms with E-state index in [0.717, 1.165) is 21.9 Å². The molecule has 0 spiro atoms. The number of aryl methyl sites for hydroxylation is 1. The first-order valence-corrected chi connectivity index (χ1v) is 9.96. The summed E-state index contributed by atoms with van der Waals surface area (Å²) in [5, 5.41) is 0. The third-order valence-electron chi connectivity index (χ3n) is 4.43. The molecule has 2 heterocycles. The lowest BCUT2D eigenvalue weighted by molar-refractivity contribution is -0.146. The van der Waals surface area contributed by atoms with Crippen molar-refractivity contribution < 1.29 is 22.7 Å². The molecule has 1 aliphatic rings. The highest BCUT2D eigenvalue weighted by Crippen LogP contribution is 2.22. The highest BCUT2D eigenvalue weighted by molar-refractivity contribution is 7.88. The number of allylic oxidation sites excluding steroid dienone is 1. The molecule has 7 nitrogen and oxygen atoms in total. The predicted molar refractivity (Wildman–Crippen MR) is 94.0 cm³/mol. The maximum absolute atomic E-state index is 12.4. The van der Waals surface area contributed by atoms with Gasteiger partial charge >= 0.3 is 5.97 Å². The number of sulfonamides is 1. The molecule has 0 unspecified atom stereocenters. The van der Waals surface area contributed by atoms with Gasteiger partial charge in [-0.1, -0.05) is 6.08 Å². The number of hydrogen-bond donors (Lipinski definition) is 0.